The number of hydrogen-bond acceptors (Lipinski definition) is 2. The molecule has 19 heavy (non-hydrogen) atoms. The van der Waals surface area contributed by atoms with Gasteiger partial charge in [-0.15, -0.1) is 0 Å². The van der Waals surface area contributed by atoms with Gasteiger partial charge in [0.25, 0.3) is 5.91 Å². The highest BCUT2D eigenvalue weighted by atomic mass is 32.2. The molecule has 2 aromatic carbocycles. The van der Waals surface area contributed by atoms with Gasteiger partial charge in [-0.1, -0.05) is 36.4 Å². The highest BCUT2D eigenvalue weighted by molar-refractivity contribution is 7.93. The van der Waals surface area contributed by atoms with Crippen molar-refractivity contribution in [2.24, 2.45) is 4.36 Å². The molecule has 98 valence electrons. The summed E-state index contributed by atoms with van der Waals surface area (Å²) in [6.45, 7) is 1.84. The summed E-state index contributed by atoms with van der Waals surface area (Å²) in [6, 6.07) is 16.0. The van der Waals surface area contributed by atoms with Crippen molar-refractivity contribution < 1.29 is 9.00 Å². The van der Waals surface area contributed by atoms with Crippen molar-refractivity contribution in [1.29, 1.82) is 0 Å². The Morgan fingerprint density at radius 3 is 2.21 bits per heavy atom. The molecule has 1 unspecified atom stereocenters. The zero-order chi connectivity index (χ0) is 13.9. The molecule has 3 nitrogen and oxygen atoms in total. The standard InChI is InChI=1S/C15H15NO2S/c1-12-8-6-7-11-14(12)15(17)16-19(2,18)13-9-4-3-5-10-13/h3-11H,1-2H3. The maximum Gasteiger partial charge on any atom is 0.285 e. The van der Waals surface area contributed by atoms with Gasteiger partial charge in [-0.05, 0) is 30.7 Å². The maximum absolute atomic E-state index is 12.5. The average Bonchev–Trinajstić information content (AvgIpc) is 2.39. The number of aryl methyl sites for hydroxylation is 1. The predicted molar refractivity (Wildman–Crippen MR) is 76.7 cm³/mol. The van der Waals surface area contributed by atoms with E-state index in [9.17, 15) is 9.00 Å². The Labute approximate surface area is 113 Å². The van der Waals surface area contributed by atoms with Crippen LogP contribution in [0.4, 0.5) is 0 Å². The Morgan fingerprint density at radius 2 is 1.58 bits per heavy atom. The van der Waals surface area contributed by atoms with E-state index in [0.29, 0.717) is 10.5 Å². The molecule has 0 saturated carbocycles. The summed E-state index contributed by atoms with van der Waals surface area (Å²) in [4.78, 5) is 12.7. The zero-order valence-electron chi connectivity index (χ0n) is 10.9. The van der Waals surface area contributed by atoms with Crippen LogP contribution in [-0.4, -0.2) is 16.4 Å². The van der Waals surface area contributed by atoms with E-state index >= 15 is 0 Å². The van der Waals surface area contributed by atoms with Crippen molar-refractivity contribution >= 4 is 15.6 Å². The molecule has 4 heteroatoms. The van der Waals surface area contributed by atoms with Crippen LogP contribution < -0.4 is 0 Å². The molecule has 0 aliphatic rings. The Morgan fingerprint density at radius 1 is 1.00 bits per heavy atom. The first-order valence-electron chi connectivity index (χ1n) is 5.88. The molecule has 2 rings (SSSR count). The second-order valence-electron chi connectivity index (χ2n) is 4.33. The second-order valence-corrected chi connectivity index (χ2v) is 6.59. The molecule has 0 saturated heterocycles. The molecule has 0 aliphatic carbocycles. The first kappa shape index (κ1) is 13.5. The third kappa shape index (κ3) is 3.09. The summed E-state index contributed by atoms with van der Waals surface area (Å²) in [5, 5.41) is 0. The van der Waals surface area contributed by atoms with E-state index in [1.807, 2.05) is 25.1 Å². The van der Waals surface area contributed by atoms with Crippen molar-refractivity contribution in [2.75, 3.05) is 6.26 Å². The van der Waals surface area contributed by atoms with Gasteiger partial charge in [0.1, 0.15) is 0 Å². The lowest BCUT2D eigenvalue weighted by atomic mass is 10.1. The molecule has 0 radical (unpaired) electrons. The minimum atomic E-state index is -2.70. The highest BCUT2D eigenvalue weighted by Gasteiger charge is 2.12. The minimum absolute atomic E-state index is 0.436. The first-order chi connectivity index (χ1) is 9.00. The molecule has 0 aromatic heterocycles. The maximum atomic E-state index is 12.5. The molecule has 0 fully saturated rings. The van der Waals surface area contributed by atoms with Crippen LogP contribution >= 0.6 is 0 Å². The smallest absolute Gasteiger partial charge is 0.266 e. The normalized spacial score (nSPS) is 13.6. The Kier molecular flexibility index (Phi) is 3.81. The van der Waals surface area contributed by atoms with Gasteiger partial charge in [0.15, 0.2) is 0 Å². The van der Waals surface area contributed by atoms with Crippen LogP contribution in [0, 0.1) is 6.92 Å². The van der Waals surface area contributed by atoms with E-state index in [2.05, 4.69) is 4.36 Å². The van der Waals surface area contributed by atoms with Crippen molar-refractivity contribution in [3.8, 4) is 0 Å². The summed E-state index contributed by atoms with van der Waals surface area (Å²) >= 11 is 0. The van der Waals surface area contributed by atoms with Gasteiger partial charge in [-0.2, -0.15) is 4.36 Å². The van der Waals surface area contributed by atoms with Gasteiger partial charge in [0, 0.05) is 16.7 Å². The minimum Gasteiger partial charge on any atom is -0.266 e. The van der Waals surface area contributed by atoms with Crippen molar-refractivity contribution in [3.05, 3.63) is 65.7 Å². The molecule has 1 atom stereocenters. The van der Waals surface area contributed by atoms with Crippen LogP contribution in [0.1, 0.15) is 15.9 Å². The molecule has 2 aromatic rings. The highest BCUT2D eigenvalue weighted by Crippen LogP contribution is 2.14. The molecule has 0 aliphatic heterocycles. The third-order valence-electron chi connectivity index (χ3n) is 2.81. The molecular formula is C15H15NO2S. The molecule has 0 heterocycles. The lowest BCUT2D eigenvalue weighted by molar-refractivity contribution is 0.100. The number of benzene rings is 2. The van der Waals surface area contributed by atoms with Crippen LogP contribution in [-0.2, 0) is 9.73 Å². The van der Waals surface area contributed by atoms with Gasteiger partial charge in [-0.25, -0.2) is 4.21 Å². The summed E-state index contributed by atoms with van der Waals surface area (Å²) < 4.78 is 16.4. The van der Waals surface area contributed by atoms with Gasteiger partial charge in [0.2, 0.25) is 0 Å². The Bertz CT molecular complexity index is 714. The summed E-state index contributed by atoms with van der Waals surface area (Å²) in [5.74, 6) is -0.436. The monoisotopic (exact) mass is 273 g/mol. The van der Waals surface area contributed by atoms with E-state index in [4.69, 9.17) is 0 Å². The fraction of sp³-hybridized carbons (Fsp3) is 0.133. The Balaban J connectivity index is 2.45. The first-order valence-corrected chi connectivity index (χ1v) is 7.80. The predicted octanol–water partition coefficient (Wildman–Crippen LogP) is 3.29. The average molecular weight is 273 g/mol. The number of rotatable bonds is 2. The van der Waals surface area contributed by atoms with E-state index < -0.39 is 15.6 Å². The number of carbonyl (C=O) groups is 1. The van der Waals surface area contributed by atoms with Gasteiger partial charge in [-0.3, -0.25) is 4.79 Å². The number of amides is 1. The zero-order valence-corrected chi connectivity index (χ0v) is 11.7. The van der Waals surface area contributed by atoms with Crippen LogP contribution in [0.2, 0.25) is 0 Å². The van der Waals surface area contributed by atoms with Crippen LogP contribution in [0.5, 0.6) is 0 Å². The van der Waals surface area contributed by atoms with Gasteiger partial charge < -0.3 is 0 Å². The topological polar surface area (TPSA) is 46.5 Å². The van der Waals surface area contributed by atoms with E-state index in [0.717, 1.165) is 5.56 Å². The summed E-state index contributed by atoms with van der Waals surface area (Å²) in [7, 11) is -2.70. The van der Waals surface area contributed by atoms with Gasteiger partial charge in [0.05, 0.1) is 9.73 Å². The molecule has 0 spiro atoms. The van der Waals surface area contributed by atoms with Crippen LogP contribution in [0.3, 0.4) is 0 Å². The van der Waals surface area contributed by atoms with Crippen molar-refractivity contribution in [3.63, 3.8) is 0 Å². The summed E-state index contributed by atoms with van der Waals surface area (Å²) in [5.41, 5.74) is 1.33. The molecule has 0 N–H and O–H groups in total. The lowest BCUT2D eigenvalue weighted by Crippen LogP contribution is -2.05. The quantitative estimate of drug-likeness (QED) is 0.843. The number of hydrogen-bond donors (Lipinski definition) is 0. The van der Waals surface area contributed by atoms with Crippen molar-refractivity contribution in [2.45, 2.75) is 11.8 Å². The lowest BCUT2D eigenvalue weighted by Gasteiger charge is -2.05. The third-order valence-corrected chi connectivity index (χ3v) is 4.47. The Hall–Kier alpha value is -1.94. The second kappa shape index (κ2) is 5.36. The fourth-order valence-corrected chi connectivity index (χ4v) is 2.93. The largest absolute Gasteiger partial charge is 0.285 e. The molecule has 1 amide bonds. The van der Waals surface area contributed by atoms with E-state index in [1.165, 1.54) is 6.26 Å². The molecule has 0 bridgehead atoms. The van der Waals surface area contributed by atoms with Crippen molar-refractivity contribution in [1.82, 2.24) is 0 Å². The molecular weight excluding hydrogens is 258 g/mol. The van der Waals surface area contributed by atoms with Crippen LogP contribution in [0.15, 0.2) is 63.9 Å². The number of carbonyl (C=O) groups excluding carboxylic acids is 1. The van der Waals surface area contributed by atoms with Gasteiger partial charge >= 0.3 is 0 Å². The SMILES string of the molecule is Cc1ccccc1C(=O)N=S(C)(=O)c1ccccc1. The van der Waals surface area contributed by atoms with E-state index in [1.54, 1.807) is 36.4 Å². The summed E-state index contributed by atoms with van der Waals surface area (Å²) in [6.07, 6.45) is 1.48. The number of nitrogens with zero attached hydrogens (tertiary/aromatic N) is 1. The fourth-order valence-electron chi connectivity index (χ4n) is 1.75. The van der Waals surface area contributed by atoms with E-state index in [-0.39, 0.29) is 0 Å². The van der Waals surface area contributed by atoms with Crippen LogP contribution in [0.25, 0.3) is 0 Å².